The largest absolute Gasteiger partial charge is 0.484 e. The van der Waals surface area contributed by atoms with E-state index in [1.807, 2.05) is 13.8 Å². The maximum absolute atomic E-state index is 11.7. The molecule has 1 aromatic rings. The Morgan fingerprint density at radius 3 is 2.50 bits per heavy atom. The minimum Gasteiger partial charge on any atom is -0.484 e. The molecule has 1 aromatic carbocycles. The van der Waals surface area contributed by atoms with Crippen molar-refractivity contribution < 1.29 is 9.53 Å². The van der Waals surface area contributed by atoms with E-state index in [1.165, 1.54) is 0 Å². The van der Waals surface area contributed by atoms with Crippen LogP contribution in [0, 0.1) is 0 Å². The van der Waals surface area contributed by atoms with Crippen LogP contribution >= 0.6 is 23.2 Å². The van der Waals surface area contributed by atoms with Crippen molar-refractivity contribution in [3.05, 3.63) is 28.2 Å². The van der Waals surface area contributed by atoms with E-state index >= 15 is 0 Å². The average molecular weight is 319 g/mol. The van der Waals surface area contributed by atoms with Gasteiger partial charge < -0.3 is 15.8 Å². The summed E-state index contributed by atoms with van der Waals surface area (Å²) in [6, 6.07) is 4.85. The molecule has 0 atom stereocenters. The van der Waals surface area contributed by atoms with Crippen LogP contribution in [-0.2, 0) is 4.79 Å². The number of nitrogens with one attached hydrogen (secondary N) is 1. The van der Waals surface area contributed by atoms with Gasteiger partial charge in [-0.1, -0.05) is 37.0 Å². The number of nitrogens with two attached hydrogens (primary N) is 1. The highest BCUT2D eigenvalue weighted by Gasteiger charge is 2.20. The highest BCUT2D eigenvalue weighted by Crippen LogP contribution is 2.26. The summed E-state index contributed by atoms with van der Waals surface area (Å²) in [7, 11) is 0. The van der Waals surface area contributed by atoms with Gasteiger partial charge in [-0.05, 0) is 25.0 Å². The van der Waals surface area contributed by atoms with Crippen LogP contribution in [0.4, 0.5) is 0 Å². The number of benzene rings is 1. The maximum atomic E-state index is 11.7. The topological polar surface area (TPSA) is 64.3 Å². The Labute approximate surface area is 129 Å². The van der Waals surface area contributed by atoms with Crippen molar-refractivity contribution in [3.8, 4) is 5.75 Å². The quantitative estimate of drug-likeness (QED) is 0.812. The third-order valence-corrected chi connectivity index (χ3v) is 4.05. The van der Waals surface area contributed by atoms with Crippen LogP contribution in [0.2, 0.25) is 10.0 Å². The monoisotopic (exact) mass is 318 g/mol. The Bertz CT molecular complexity index is 462. The molecule has 0 unspecified atom stereocenters. The zero-order valence-corrected chi connectivity index (χ0v) is 13.2. The van der Waals surface area contributed by atoms with E-state index in [0.717, 1.165) is 12.8 Å². The number of halogens is 2. The zero-order valence-electron chi connectivity index (χ0n) is 11.7. The van der Waals surface area contributed by atoms with Crippen LogP contribution in [0.5, 0.6) is 5.75 Å². The Morgan fingerprint density at radius 1 is 1.30 bits per heavy atom. The lowest BCUT2D eigenvalue weighted by Crippen LogP contribution is -2.50. The zero-order chi connectivity index (χ0) is 15.2. The maximum Gasteiger partial charge on any atom is 0.258 e. The van der Waals surface area contributed by atoms with E-state index in [4.69, 9.17) is 33.7 Å². The third-order valence-electron chi connectivity index (χ3n) is 3.31. The van der Waals surface area contributed by atoms with Crippen LogP contribution in [0.15, 0.2) is 18.2 Å². The van der Waals surface area contributed by atoms with Gasteiger partial charge in [0.1, 0.15) is 5.75 Å². The molecule has 4 nitrogen and oxygen atoms in total. The Hall–Kier alpha value is -0.970. The summed E-state index contributed by atoms with van der Waals surface area (Å²) >= 11 is 11.7. The van der Waals surface area contributed by atoms with E-state index in [0.29, 0.717) is 22.3 Å². The number of hydrogen-bond donors (Lipinski definition) is 2. The summed E-state index contributed by atoms with van der Waals surface area (Å²) in [6.45, 7) is 4.36. The normalized spacial score (nSPS) is 11.2. The van der Waals surface area contributed by atoms with Crippen LogP contribution in [0.3, 0.4) is 0 Å². The van der Waals surface area contributed by atoms with Crippen LogP contribution < -0.4 is 15.8 Å². The van der Waals surface area contributed by atoms with Gasteiger partial charge in [0.2, 0.25) is 0 Å². The van der Waals surface area contributed by atoms with Crippen molar-refractivity contribution in [2.45, 2.75) is 32.2 Å². The lowest BCUT2D eigenvalue weighted by molar-refractivity contribution is -0.123. The highest BCUT2D eigenvalue weighted by molar-refractivity contribution is 6.42. The number of hydrogen-bond acceptors (Lipinski definition) is 3. The molecule has 0 fully saturated rings. The first kappa shape index (κ1) is 17.1. The Balaban J connectivity index is 2.42. The summed E-state index contributed by atoms with van der Waals surface area (Å²) in [4.78, 5) is 11.7. The second-order valence-corrected chi connectivity index (χ2v) is 5.53. The fourth-order valence-corrected chi connectivity index (χ4v) is 1.83. The van der Waals surface area contributed by atoms with Crippen molar-refractivity contribution >= 4 is 29.1 Å². The molecule has 0 saturated carbocycles. The number of carbonyl (C=O) groups excluding carboxylic acids is 1. The van der Waals surface area contributed by atoms with Gasteiger partial charge >= 0.3 is 0 Å². The molecule has 6 heteroatoms. The summed E-state index contributed by atoms with van der Waals surface area (Å²) in [6.07, 6.45) is 1.61. The third kappa shape index (κ3) is 5.19. The summed E-state index contributed by atoms with van der Waals surface area (Å²) < 4.78 is 5.34. The average Bonchev–Trinajstić information content (AvgIpc) is 2.46. The second-order valence-electron chi connectivity index (χ2n) is 4.71. The molecule has 20 heavy (non-hydrogen) atoms. The molecular weight excluding hydrogens is 299 g/mol. The minimum absolute atomic E-state index is 0.0819. The van der Waals surface area contributed by atoms with E-state index < -0.39 is 0 Å². The first-order chi connectivity index (χ1) is 9.40. The Kier molecular flexibility index (Phi) is 6.59. The van der Waals surface area contributed by atoms with Gasteiger partial charge in [0, 0.05) is 18.2 Å². The molecule has 1 rings (SSSR count). The molecule has 1 amide bonds. The first-order valence-electron chi connectivity index (χ1n) is 6.53. The van der Waals surface area contributed by atoms with Crippen molar-refractivity contribution in [3.63, 3.8) is 0 Å². The summed E-state index contributed by atoms with van der Waals surface area (Å²) in [5, 5.41) is 3.61. The van der Waals surface area contributed by atoms with Crippen molar-refractivity contribution in [1.82, 2.24) is 5.32 Å². The lowest BCUT2D eigenvalue weighted by Gasteiger charge is -2.26. The number of amides is 1. The molecule has 3 N–H and O–H groups in total. The predicted molar refractivity (Wildman–Crippen MR) is 82.5 cm³/mol. The number of rotatable bonds is 7. The van der Waals surface area contributed by atoms with Gasteiger partial charge in [0.05, 0.1) is 10.0 Å². The fourth-order valence-electron chi connectivity index (χ4n) is 1.54. The SMILES string of the molecule is CCC(N)(CC)CNC(=O)COc1ccc(Cl)c(Cl)c1. The van der Waals surface area contributed by atoms with Gasteiger partial charge in [0.25, 0.3) is 5.91 Å². The summed E-state index contributed by atoms with van der Waals surface area (Å²) in [5.74, 6) is 0.285. The van der Waals surface area contributed by atoms with Crippen molar-refractivity contribution in [2.75, 3.05) is 13.2 Å². The smallest absolute Gasteiger partial charge is 0.258 e. The lowest BCUT2D eigenvalue weighted by atomic mass is 9.94. The molecule has 0 spiro atoms. The van der Waals surface area contributed by atoms with E-state index in [-0.39, 0.29) is 18.1 Å². The molecule has 0 heterocycles. The number of carbonyl (C=O) groups is 1. The van der Waals surface area contributed by atoms with Crippen molar-refractivity contribution in [1.29, 1.82) is 0 Å². The molecular formula is C14H20Cl2N2O2. The van der Waals surface area contributed by atoms with Crippen LogP contribution in [0.1, 0.15) is 26.7 Å². The van der Waals surface area contributed by atoms with E-state index in [9.17, 15) is 4.79 Å². The predicted octanol–water partition coefficient (Wildman–Crippen LogP) is 3.01. The fraction of sp³-hybridized carbons (Fsp3) is 0.500. The number of ether oxygens (including phenoxy) is 1. The molecule has 0 aliphatic carbocycles. The van der Waals surface area contributed by atoms with Crippen LogP contribution in [-0.4, -0.2) is 24.6 Å². The van der Waals surface area contributed by atoms with Gasteiger partial charge in [-0.2, -0.15) is 0 Å². The first-order valence-corrected chi connectivity index (χ1v) is 7.29. The standard InChI is InChI=1S/C14H20Cl2N2O2/c1-3-14(17,4-2)9-18-13(19)8-20-10-5-6-11(15)12(16)7-10/h5-7H,3-4,8-9,17H2,1-2H3,(H,18,19). The van der Waals surface area contributed by atoms with Gasteiger partial charge in [-0.25, -0.2) is 0 Å². The molecule has 112 valence electrons. The highest BCUT2D eigenvalue weighted by atomic mass is 35.5. The Morgan fingerprint density at radius 2 is 1.95 bits per heavy atom. The molecule has 0 aromatic heterocycles. The van der Waals surface area contributed by atoms with Gasteiger partial charge in [-0.15, -0.1) is 0 Å². The molecule has 0 aliphatic heterocycles. The molecule has 0 radical (unpaired) electrons. The van der Waals surface area contributed by atoms with Crippen molar-refractivity contribution in [2.24, 2.45) is 5.73 Å². The van der Waals surface area contributed by atoms with E-state index in [1.54, 1.807) is 18.2 Å². The molecule has 0 saturated heterocycles. The minimum atomic E-state index is -0.362. The second kappa shape index (κ2) is 7.72. The van der Waals surface area contributed by atoms with E-state index in [2.05, 4.69) is 5.32 Å². The molecule has 0 aliphatic rings. The molecule has 0 bridgehead atoms. The van der Waals surface area contributed by atoms with Crippen LogP contribution in [0.25, 0.3) is 0 Å². The summed E-state index contributed by atoms with van der Waals surface area (Å²) in [5.41, 5.74) is 5.74. The van der Waals surface area contributed by atoms with Gasteiger partial charge in [-0.3, -0.25) is 4.79 Å². The van der Waals surface area contributed by atoms with Gasteiger partial charge in [0.15, 0.2) is 6.61 Å².